The number of imidazole rings is 2. The number of phosphoric ester groups is 1. The molecule has 2 aliphatic heterocycles. The van der Waals surface area contributed by atoms with E-state index in [0.717, 1.165) is 10.9 Å². The Morgan fingerprint density at radius 1 is 1.00 bits per heavy atom. The molecule has 0 bridgehead atoms. The van der Waals surface area contributed by atoms with Gasteiger partial charge in [-0.2, -0.15) is 23.8 Å². The van der Waals surface area contributed by atoms with Crippen molar-refractivity contribution in [1.29, 1.82) is 0 Å². The molecule has 0 aliphatic carbocycles. The van der Waals surface area contributed by atoms with E-state index in [1.165, 1.54) is 22.5 Å². The van der Waals surface area contributed by atoms with Gasteiger partial charge in [0.05, 0.1) is 20.0 Å². The van der Waals surface area contributed by atoms with E-state index < -0.39 is 87.5 Å². The highest BCUT2D eigenvalue weighted by Crippen LogP contribution is 2.67. The monoisotopic (exact) mass is 739 g/mol. The highest BCUT2D eigenvalue weighted by molar-refractivity contribution is 8.55. The molecule has 0 spiro atoms. The third-order valence-electron chi connectivity index (χ3n) is 7.44. The number of hydrogen-bond donors (Lipinski definition) is 10. The Bertz CT molecular complexity index is 2030. The van der Waals surface area contributed by atoms with Crippen molar-refractivity contribution in [2.45, 2.75) is 49.1 Å². The molecular weight excluding hydrogens is 710 g/mol. The van der Waals surface area contributed by atoms with E-state index >= 15 is 0 Å². The van der Waals surface area contributed by atoms with Crippen LogP contribution in [0.15, 0.2) is 17.4 Å². The summed E-state index contributed by atoms with van der Waals surface area (Å²) in [6.07, 6.45) is -9.62. The number of aryl methyl sites for hydroxylation is 1. The van der Waals surface area contributed by atoms with Gasteiger partial charge in [-0.05, 0) is 11.4 Å². The molecule has 0 saturated carbocycles. The molecular formula is C21H29N10O14P2S+. The molecule has 262 valence electrons. The molecule has 27 heteroatoms. The van der Waals surface area contributed by atoms with Crippen LogP contribution in [-0.2, 0) is 34.5 Å². The maximum Gasteiger partial charge on any atom is 0.480 e. The Hall–Kier alpha value is -3.29. The number of rotatable bonds is 10. The number of nitrogens with one attached hydrogen (secondary N) is 1. The van der Waals surface area contributed by atoms with Crippen LogP contribution in [0.2, 0.25) is 0 Å². The highest BCUT2D eigenvalue weighted by atomic mass is 32.7. The Labute approximate surface area is 270 Å². The molecule has 6 rings (SSSR count). The number of aromatic hydroxyl groups is 1. The second-order valence-corrected chi connectivity index (χ2v) is 16.2. The number of aromatic nitrogens is 8. The third kappa shape index (κ3) is 6.40. The maximum atomic E-state index is 12.7. The zero-order valence-corrected chi connectivity index (χ0v) is 26.9. The van der Waals surface area contributed by atoms with Crippen molar-refractivity contribution >= 4 is 60.2 Å². The summed E-state index contributed by atoms with van der Waals surface area (Å²) in [7, 11) is -3.80. The average Bonchev–Trinajstić information content (AvgIpc) is 3.70. The topological polar surface area (TPSA) is 363 Å². The summed E-state index contributed by atoms with van der Waals surface area (Å²) < 4.78 is 49.6. The summed E-state index contributed by atoms with van der Waals surface area (Å²) in [4.78, 5) is 50.3. The van der Waals surface area contributed by atoms with Gasteiger partial charge in [-0.25, -0.2) is 18.7 Å². The number of aliphatic hydroxyl groups is 4. The number of nitrogens with zero attached hydrogens (tertiary/aromatic N) is 7. The maximum absolute atomic E-state index is 12.7. The SMILES string of the molecule is C[n+]1cn([C@@H]2O[C@H](CSP(=O)(O)OP(=O)(O)OC[C@H]3O[C@@H](n4cnc5c(=O)[nH]c(N)nc54)[C@@H](O)[C@H]3O)C(O)C2O)c2nc(N)nc(O)c21. The number of phosphoric acid groups is 1. The van der Waals surface area contributed by atoms with Crippen molar-refractivity contribution in [3.8, 4) is 5.88 Å². The average molecular weight is 740 g/mol. The summed E-state index contributed by atoms with van der Waals surface area (Å²) >= 11 is 0.0850. The Morgan fingerprint density at radius 2 is 1.65 bits per heavy atom. The van der Waals surface area contributed by atoms with Crippen LogP contribution in [0.3, 0.4) is 0 Å². The van der Waals surface area contributed by atoms with Crippen LogP contribution in [0.25, 0.3) is 22.3 Å². The standard InChI is InChI=1S/C21H28N10O14P2S/c1-29-5-31(15-9(29)17(37)28-21(23)26-15)19-13(35)11(33)7(44-19)3-48-47(40,41)45-46(38,39)42-2-6-10(32)12(34)18(43-6)30-4-24-8-14(30)25-20(22)27-16(8)36/h4-7,10-13,18-19,32-35H,2-3H2,1H3,(H7-,22,23,25,26,27,28,36,37,38,39,40,41)/p+1/t6-,7-,10+,11?,12+,13?,18-,19-/m1/s1. The molecule has 0 amide bonds. The van der Waals surface area contributed by atoms with Gasteiger partial charge in [0.25, 0.3) is 22.6 Å². The predicted octanol–water partition coefficient (Wildman–Crippen LogP) is -3.54. The van der Waals surface area contributed by atoms with Gasteiger partial charge in [0.1, 0.15) is 36.6 Å². The quantitative estimate of drug-likeness (QED) is 0.0556. The van der Waals surface area contributed by atoms with Crippen molar-refractivity contribution in [2.24, 2.45) is 7.05 Å². The second-order valence-electron chi connectivity index (χ2n) is 10.7. The molecule has 6 heterocycles. The van der Waals surface area contributed by atoms with Crippen LogP contribution >= 0.6 is 26.0 Å². The van der Waals surface area contributed by atoms with E-state index in [4.69, 9.17) is 25.5 Å². The largest absolute Gasteiger partial charge is 0.490 e. The molecule has 24 nitrogen and oxygen atoms in total. The van der Waals surface area contributed by atoms with Gasteiger partial charge in [-0.3, -0.25) is 18.9 Å². The number of aliphatic hydroxyl groups excluding tert-OH is 4. The molecule has 48 heavy (non-hydrogen) atoms. The highest BCUT2D eigenvalue weighted by Gasteiger charge is 2.50. The second kappa shape index (κ2) is 12.5. The van der Waals surface area contributed by atoms with Gasteiger partial charge in [-0.1, -0.05) is 0 Å². The minimum atomic E-state index is -5.34. The molecule has 2 fully saturated rings. The fourth-order valence-corrected chi connectivity index (χ4v) is 9.82. The normalized spacial score (nSPS) is 30.2. The van der Waals surface area contributed by atoms with Gasteiger partial charge in [-0.15, -0.1) is 0 Å². The van der Waals surface area contributed by atoms with Crippen molar-refractivity contribution < 1.29 is 67.3 Å². The van der Waals surface area contributed by atoms with Crippen LogP contribution in [0.1, 0.15) is 12.5 Å². The number of nitrogen functional groups attached to an aromatic ring is 2. The minimum absolute atomic E-state index is 0.0479. The first kappa shape index (κ1) is 34.6. The first-order valence-corrected chi connectivity index (χ1v) is 18.3. The van der Waals surface area contributed by atoms with Crippen LogP contribution in [0.4, 0.5) is 11.9 Å². The lowest BCUT2D eigenvalue weighted by Gasteiger charge is -2.20. The lowest BCUT2D eigenvalue weighted by molar-refractivity contribution is -0.646. The smallest absolute Gasteiger partial charge is 0.480 e. The summed E-state index contributed by atoms with van der Waals surface area (Å²) in [6, 6.07) is 0. The lowest BCUT2D eigenvalue weighted by atomic mass is 10.1. The molecule has 10 atom stereocenters. The lowest BCUT2D eigenvalue weighted by Crippen LogP contribution is -2.33. The fraction of sp³-hybridized carbons (Fsp3) is 0.524. The zero-order valence-electron chi connectivity index (χ0n) is 24.3. The van der Waals surface area contributed by atoms with Gasteiger partial charge < -0.3 is 56.3 Å². The van der Waals surface area contributed by atoms with E-state index in [1.54, 1.807) is 0 Å². The molecule has 2 saturated heterocycles. The van der Waals surface area contributed by atoms with E-state index in [-0.39, 0.29) is 45.6 Å². The van der Waals surface area contributed by atoms with Crippen LogP contribution in [-0.4, -0.2) is 118 Å². The predicted molar refractivity (Wildman–Crippen MR) is 158 cm³/mol. The van der Waals surface area contributed by atoms with Gasteiger partial charge in [0, 0.05) is 5.75 Å². The molecule has 0 radical (unpaired) electrons. The number of ether oxygens (including phenoxy) is 2. The Balaban J connectivity index is 1.07. The van der Waals surface area contributed by atoms with Crippen LogP contribution in [0, 0.1) is 0 Å². The molecule has 4 aromatic heterocycles. The van der Waals surface area contributed by atoms with E-state index in [9.17, 15) is 49.2 Å². The molecule has 4 aromatic rings. The van der Waals surface area contributed by atoms with Crippen molar-refractivity contribution in [3.63, 3.8) is 0 Å². The number of nitrogens with two attached hydrogens (primary N) is 2. The summed E-state index contributed by atoms with van der Waals surface area (Å²) in [5.74, 6) is -1.53. The zero-order chi connectivity index (χ0) is 34.9. The van der Waals surface area contributed by atoms with Crippen molar-refractivity contribution in [1.82, 2.24) is 34.1 Å². The van der Waals surface area contributed by atoms with Crippen molar-refractivity contribution in [2.75, 3.05) is 23.8 Å². The van der Waals surface area contributed by atoms with E-state index in [1.807, 2.05) is 0 Å². The van der Waals surface area contributed by atoms with Crippen molar-refractivity contribution in [3.05, 3.63) is 23.0 Å². The Kier molecular flexibility index (Phi) is 9.04. The van der Waals surface area contributed by atoms with Gasteiger partial charge >= 0.3 is 14.6 Å². The molecule has 2 aliphatic rings. The van der Waals surface area contributed by atoms with Gasteiger partial charge in [0.15, 0.2) is 17.4 Å². The molecule has 12 N–H and O–H groups in total. The van der Waals surface area contributed by atoms with E-state index in [0.29, 0.717) is 0 Å². The number of aromatic amines is 1. The van der Waals surface area contributed by atoms with E-state index in [2.05, 4.69) is 29.2 Å². The van der Waals surface area contributed by atoms with Crippen LogP contribution in [0.5, 0.6) is 5.88 Å². The first-order chi connectivity index (χ1) is 22.5. The third-order valence-corrected chi connectivity index (χ3v) is 12.4. The molecule has 0 aromatic carbocycles. The van der Waals surface area contributed by atoms with Crippen LogP contribution < -0.4 is 21.6 Å². The summed E-state index contributed by atoms with van der Waals surface area (Å²) in [5.41, 5.74) is 10.5. The number of H-pyrrole nitrogens is 1. The summed E-state index contributed by atoms with van der Waals surface area (Å²) in [6.45, 7) is -5.94. The number of fused-ring (bicyclic) bond motifs is 2. The summed E-state index contributed by atoms with van der Waals surface area (Å²) in [5, 5.41) is 52.4. The van der Waals surface area contributed by atoms with Gasteiger partial charge in [0.2, 0.25) is 24.5 Å². The fourth-order valence-electron chi connectivity index (χ4n) is 5.26. The minimum Gasteiger partial charge on any atom is -0.490 e. The molecule has 4 unspecified atom stereocenters. The number of anilines is 2. The number of hydrogen-bond acceptors (Lipinski definition) is 19. The first-order valence-electron chi connectivity index (χ1n) is 13.6. The Morgan fingerprint density at radius 3 is 2.35 bits per heavy atom.